The molecule has 2 aromatic heterocycles. The Morgan fingerprint density at radius 1 is 0.892 bits per heavy atom. The summed E-state index contributed by atoms with van der Waals surface area (Å²) in [6.45, 7) is 1.88. The largest absolute Gasteiger partial charge is 0.457 e. The monoisotopic (exact) mass is 504 g/mol. The second kappa shape index (κ2) is 9.61. The van der Waals surface area contributed by atoms with Crippen LogP contribution in [0.2, 0.25) is 0 Å². The third kappa shape index (κ3) is 5.67. The number of aromatic nitrogens is 4. The Balaban J connectivity index is 1.29. The number of aryl methyl sites for hydroxylation is 1. The third-order valence-corrected chi connectivity index (χ3v) is 5.25. The number of alkyl halides is 3. The zero-order valence-electron chi connectivity index (χ0n) is 19.3. The third-order valence-electron chi connectivity index (χ3n) is 5.25. The van der Waals surface area contributed by atoms with Crippen molar-refractivity contribution in [3.05, 3.63) is 96.7 Å². The van der Waals surface area contributed by atoms with E-state index in [1.807, 2.05) is 13.1 Å². The van der Waals surface area contributed by atoms with Crippen LogP contribution in [0.15, 0.2) is 85.5 Å². The van der Waals surface area contributed by atoms with Gasteiger partial charge in [-0.3, -0.25) is 9.55 Å². The predicted molar refractivity (Wildman–Crippen MR) is 132 cm³/mol. The molecule has 0 saturated carbocycles. The molecule has 0 saturated heterocycles. The minimum atomic E-state index is -4.51. The van der Waals surface area contributed by atoms with Crippen molar-refractivity contribution >= 4 is 28.4 Å². The molecule has 186 valence electrons. The van der Waals surface area contributed by atoms with E-state index >= 15 is 0 Å². The smallest absolute Gasteiger partial charge is 0.416 e. The summed E-state index contributed by atoms with van der Waals surface area (Å²) in [5.74, 6) is 1.56. The Hall–Kier alpha value is -4.93. The van der Waals surface area contributed by atoms with Crippen LogP contribution >= 0.6 is 0 Å². The highest BCUT2D eigenvalue weighted by Crippen LogP contribution is 2.31. The van der Waals surface area contributed by atoms with Gasteiger partial charge in [-0.15, -0.1) is 0 Å². The molecule has 2 N–H and O–H groups in total. The summed E-state index contributed by atoms with van der Waals surface area (Å²) >= 11 is 0. The lowest BCUT2D eigenvalue weighted by molar-refractivity contribution is -0.137. The Morgan fingerprint density at radius 3 is 2.35 bits per heavy atom. The van der Waals surface area contributed by atoms with E-state index in [-0.39, 0.29) is 5.69 Å². The van der Waals surface area contributed by atoms with E-state index in [1.165, 1.54) is 12.1 Å². The number of rotatable bonds is 5. The number of halogens is 3. The lowest BCUT2D eigenvalue weighted by Gasteiger charge is -2.12. The summed E-state index contributed by atoms with van der Waals surface area (Å²) in [7, 11) is 0. The van der Waals surface area contributed by atoms with Crippen molar-refractivity contribution in [1.29, 1.82) is 0 Å². The number of anilines is 2. The number of benzene rings is 3. The van der Waals surface area contributed by atoms with Gasteiger partial charge >= 0.3 is 12.2 Å². The number of hydrogen-bond acceptors (Lipinski definition) is 5. The van der Waals surface area contributed by atoms with Gasteiger partial charge in [-0.1, -0.05) is 12.1 Å². The number of hydrogen-bond donors (Lipinski definition) is 2. The summed E-state index contributed by atoms with van der Waals surface area (Å²) in [6.07, 6.45) is 0.656. The Kier molecular flexibility index (Phi) is 6.18. The average molecular weight is 504 g/mol. The topological polar surface area (TPSA) is 94.0 Å². The van der Waals surface area contributed by atoms with Crippen molar-refractivity contribution in [2.45, 2.75) is 13.1 Å². The van der Waals surface area contributed by atoms with Crippen molar-refractivity contribution in [3.63, 3.8) is 0 Å². The molecule has 5 rings (SSSR count). The van der Waals surface area contributed by atoms with E-state index < -0.39 is 17.8 Å². The van der Waals surface area contributed by atoms with Crippen LogP contribution in [0.25, 0.3) is 16.9 Å². The van der Waals surface area contributed by atoms with E-state index in [9.17, 15) is 18.0 Å². The molecule has 37 heavy (non-hydrogen) atoms. The summed E-state index contributed by atoms with van der Waals surface area (Å²) in [5, 5.41) is 4.99. The SMILES string of the molecule is Cc1cn(-c2cnc3ccc(Oc4cccc(NC(=O)Nc5cccc(C(F)(F)F)c5)c4)cc3n2)cn1. The van der Waals surface area contributed by atoms with Gasteiger partial charge < -0.3 is 15.4 Å². The fraction of sp³-hybridized carbons (Fsp3) is 0.0769. The van der Waals surface area contributed by atoms with E-state index in [4.69, 9.17) is 4.74 Å². The first-order chi connectivity index (χ1) is 17.7. The fourth-order valence-corrected chi connectivity index (χ4v) is 3.56. The zero-order chi connectivity index (χ0) is 26.0. The van der Waals surface area contributed by atoms with E-state index in [2.05, 4.69) is 25.6 Å². The van der Waals surface area contributed by atoms with Crippen molar-refractivity contribution in [3.8, 4) is 17.3 Å². The average Bonchev–Trinajstić information content (AvgIpc) is 3.29. The Morgan fingerprint density at radius 2 is 1.62 bits per heavy atom. The number of urea groups is 1. The van der Waals surface area contributed by atoms with Gasteiger partial charge in [0.25, 0.3) is 0 Å². The molecule has 2 heterocycles. The molecule has 11 heteroatoms. The number of amides is 2. The number of nitrogens with one attached hydrogen (secondary N) is 2. The minimum Gasteiger partial charge on any atom is -0.457 e. The number of fused-ring (bicyclic) bond motifs is 1. The lowest BCUT2D eigenvalue weighted by atomic mass is 10.2. The van der Waals surface area contributed by atoms with Crippen LogP contribution < -0.4 is 15.4 Å². The Bertz CT molecular complexity index is 1600. The first-order valence-corrected chi connectivity index (χ1v) is 11.0. The fourth-order valence-electron chi connectivity index (χ4n) is 3.56. The van der Waals surface area contributed by atoms with Gasteiger partial charge in [0, 0.05) is 29.7 Å². The summed E-state index contributed by atoms with van der Waals surface area (Å²) < 4.78 is 46.4. The van der Waals surface area contributed by atoms with Crippen LogP contribution in [0.4, 0.5) is 29.3 Å². The maximum absolute atomic E-state index is 12.9. The van der Waals surface area contributed by atoms with Gasteiger partial charge in [-0.2, -0.15) is 13.2 Å². The van der Waals surface area contributed by atoms with Gasteiger partial charge in [0.2, 0.25) is 0 Å². The highest BCUT2D eigenvalue weighted by atomic mass is 19.4. The van der Waals surface area contributed by atoms with E-state index in [1.54, 1.807) is 59.6 Å². The second-order valence-electron chi connectivity index (χ2n) is 8.09. The second-order valence-corrected chi connectivity index (χ2v) is 8.09. The van der Waals surface area contributed by atoms with Gasteiger partial charge in [-0.05, 0) is 49.4 Å². The highest BCUT2D eigenvalue weighted by molar-refractivity contribution is 5.99. The maximum atomic E-state index is 12.9. The first kappa shape index (κ1) is 23.8. The molecule has 3 aromatic carbocycles. The van der Waals surface area contributed by atoms with Crippen LogP contribution in [0.5, 0.6) is 11.5 Å². The molecule has 0 spiro atoms. The van der Waals surface area contributed by atoms with Crippen molar-refractivity contribution in [2.75, 3.05) is 10.6 Å². The summed E-state index contributed by atoms with van der Waals surface area (Å²) in [4.78, 5) is 25.6. The van der Waals surface area contributed by atoms with E-state index in [0.717, 1.165) is 17.8 Å². The number of carbonyl (C=O) groups is 1. The van der Waals surface area contributed by atoms with Crippen molar-refractivity contribution in [2.24, 2.45) is 0 Å². The van der Waals surface area contributed by atoms with Crippen LogP contribution in [0, 0.1) is 6.92 Å². The molecule has 0 aliphatic rings. The first-order valence-electron chi connectivity index (χ1n) is 11.0. The number of nitrogens with zero attached hydrogens (tertiary/aromatic N) is 4. The minimum absolute atomic E-state index is 0.0159. The molecular weight excluding hydrogens is 485 g/mol. The predicted octanol–water partition coefficient (Wildman–Crippen LogP) is 6.58. The van der Waals surface area contributed by atoms with Crippen molar-refractivity contribution < 1.29 is 22.7 Å². The Labute approximate surface area is 208 Å². The standard InChI is InChI=1S/C26H19F3N6O2/c1-16-14-35(15-31-16)24-13-30-22-9-8-21(12-23(22)34-24)37-20-7-3-6-19(11-20)33-25(36)32-18-5-2-4-17(10-18)26(27,28)29/h2-15H,1H3,(H2,32,33,36). The molecular formula is C26H19F3N6O2. The summed E-state index contributed by atoms with van der Waals surface area (Å²) in [6, 6.07) is 15.6. The molecule has 8 nitrogen and oxygen atoms in total. The molecule has 5 aromatic rings. The molecule has 0 fully saturated rings. The summed E-state index contributed by atoms with van der Waals surface area (Å²) in [5.41, 5.74) is 1.72. The molecule has 0 radical (unpaired) electrons. The van der Waals surface area contributed by atoms with Crippen LogP contribution in [0.3, 0.4) is 0 Å². The number of ether oxygens (including phenoxy) is 1. The number of imidazole rings is 1. The molecule has 0 aliphatic heterocycles. The molecule has 0 atom stereocenters. The van der Waals surface area contributed by atoms with Gasteiger partial charge in [0.1, 0.15) is 17.8 Å². The van der Waals surface area contributed by atoms with Crippen molar-refractivity contribution in [1.82, 2.24) is 19.5 Å². The van der Waals surface area contributed by atoms with Crippen LogP contribution in [-0.4, -0.2) is 25.6 Å². The highest BCUT2D eigenvalue weighted by Gasteiger charge is 2.30. The molecule has 0 bridgehead atoms. The van der Waals surface area contributed by atoms with Gasteiger partial charge in [-0.25, -0.2) is 14.8 Å². The normalized spacial score (nSPS) is 11.4. The van der Waals surface area contributed by atoms with Gasteiger partial charge in [0.15, 0.2) is 5.82 Å². The van der Waals surface area contributed by atoms with Crippen LogP contribution in [-0.2, 0) is 6.18 Å². The van der Waals surface area contributed by atoms with E-state index in [0.29, 0.717) is 34.0 Å². The molecule has 0 aliphatic carbocycles. The quantitative estimate of drug-likeness (QED) is 0.282. The molecule has 2 amide bonds. The maximum Gasteiger partial charge on any atom is 0.416 e. The zero-order valence-corrected chi connectivity index (χ0v) is 19.3. The van der Waals surface area contributed by atoms with Gasteiger partial charge in [0.05, 0.1) is 28.5 Å². The van der Waals surface area contributed by atoms with Crippen LogP contribution in [0.1, 0.15) is 11.3 Å². The number of carbonyl (C=O) groups excluding carboxylic acids is 1. The molecule has 0 unspecified atom stereocenters. The lowest BCUT2D eigenvalue weighted by Crippen LogP contribution is -2.19.